The average Bonchev–Trinajstić information content (AvgIpc) is 3.20. The Balaban J connectivity index is 1.76. The molecule has 26 heavy (non-hydrogen) atoms. The van der Waals surface area contributed by atoms with Crippen LogP contribution in [0, 0.1) is 5.92 Å². The minimum Gasteiger partial charge on any atom is -0.357 e. The number of hydrogen-bond donors (Lipinski definition) is 1. The third-order valence-electron chi connectivity index (χ3n) is 7.82. The lowest BCUT2D eigenvalue weighted by molar-refractivity contribution is -0.941. The van der Waals surface area contributed by atoms with E-state index in [0.29, 0.717) is 12.0 Å². The Morgan fingerprint density at radius 3 is 2.96 bits per heavy atom. The summed E-state index contributed by atoms with van der Waals surface area (Å²) < 4.78 is 1.23. The number of allylic oxidation sites excluding steroid dienone is 2. The number of carbonyl (C=O) groups is 1. The molecule has 2 saturated heterocycles. The van der Waals surface area contributed by atoms with Crippen LogP contribution in [0.15, 0.2) is 47.2 Å². The number of aldehydes is 1. The number of nitrogens with zero attached hydrogens (tertiary/aromatic N) is 1. The van der Waals surface area contributed by atoms with Crippen LogP contribution < -0.4 is 5.32 Å². The molecule has 0 unspecified atom stereocenters. The fourth-order valence-electron chi connectivity index (χ4n) is 6.70. The van der Waals surface area contributed by atoms with Gasteiger partial charge < -0.3 is 9.80 Å². The van der Waals surface area contributed by atoms with E-state index in [9.17, 15) is 4.79 Å². The van der Waals surface area contributed by atoms with Crippen LogP contribution in [0.3, 0.4) is 0 Å². The van der Waals surface area contributed by atoms with Crippen LogP contribution >= 0.6 is 0 Å². The lowest BCUT2D eigenvalue weighted by Crippen LogP contribution is -2.63. The minimum atomic E-state index is 0.0380. The summed E-state index contributed by atoms with van der Waals surface area (Å²) in [6.07, 6.45) is 8.31. The lowest BCUT2D eigenvalue weighted by Gasteiger charge is -2.53. The highest BCUT2D eigenvalue weighted by Crippen LogP contribution is 2.63. The molecule has 1 N–H and O–H groups in total. The normalized spacial score (nSPS) is 38.2. The van der Waals surface area contributed by atoms with Gasteiger partial charge in [-0.2, -0.15) is 0 Å². The highest BCUT2D eigenvalue weighted by molar-refractivity contribution is 5.84. The number of unbranched alkanes of at least 4 members (excludes halogenated alkanes) is 1. The van der Waals surface area contributed by atoms with Gasteiger partial charge in [0, 0.05) is 35.7 Å². The first kappa shape index (κ1) is 16.3. The second-order valence-electron chi connectivity index (χ2n) is 8.69. The summed E-state index contributed by atoms with van der Waals surface area (Å²) >= 11 is 0. The molecule has 0 radical (unpaired) electrons. The minimum absolute atomic E-state index is 0.0380. The third-order valence-corrected chi connectivity index (χ3v) is 7.82. The quantitative estimate of drug-likeness (QED) is 0.502. The molecule has 3 nitrogen and oxygen atoms in total. The number of nitrogens with one attached hydrogen (secondary N) is 1. The van der Waals surface area contributed by atoms with Gasteiger partial charge in [-0.15, -0.1) is 0 Å². The van der Waals surface area contributed by atoms with Crippen molar-refractivity contribution in [3.8, 4) is 0 Å². The van der Waals surface area contributed by atoms with Crippen molar-refractivity contribution in [1.82, 2.24) is 0 Å². The number of hydrogen-bond acceptors (Lipinski definition) is 2. The molecule has 136 valence electrons. The van der Waals surface area contributed by atoms with Crippen molar-refractivity contribution in [1.29, 1.82) is 0 Å². The van der Waals surface area contributed by atoms with Gasteiger partial charge in [0.2, 0.25) is 0 Å². The zero-order chi connectivity index (χ0) is 17.9. The van der Waals surface area contributed by atoms with Crippen molar-refractivity contribution in [2.75, 3.05) is 25.0 Å². The lowest BCUT2D eigenvalue weighted by atomic mass is 9.61. The van der Waals surface area contributed by atoms with Crippen LogP contribution in [0.2, 0.25) is 0 Å². The van der Waals surface area contributed by atoms with E-state index >= 15 is 0 Å². The molecule has 3 aliphatic heterocycles. The van der Waals surface area contributed by atoms with Crippen LogP contribution in [0.5, 0.6) is 0 Å². The first-order chi connectivity index (χ1) is 12.7. The predicted octanol–water partition coefficient (Wildman–Crippen LogP) is 4.17. The number of fused-ring (bicyclic) bond motifs is 2. The van der Waals surface area contributed by atoms with E-state index in [-0.39, 0.29) is 5.41 Å². The maximum atomic E-state index is 12.2. The Morgan fingerprint density at radius 2 is 2.19 bits per heavy atom. The summed E-state index contributed by atoms with van der Waals surface area (Å²) in [6.45, 7) is 8.12. The highest BCUT2D eigenvalue weighted by Gasteiger charge is 2.68. The van der Waals surface area contributed by atoms with E-state index in [4.69, 9.17) is 0 Å². The Bertz CT molecular complexity index is 838. The van der Waals surface area contributed by atoms with Gasteiger partial charge in [0.05, 0.1) is 18.5 Å². The summed E-state index contributed by atoms with van der Waals surface area (Å²) in [5.41, 5.74) is 6.47. The number of benzene rings is 1. The standard InChI is InChI=1S/C23H28N2O/c1-3-5-11-25-12-10-23-19-8-6-7-9-20(19)24-22(23)18(15-26)17(13-21(23)25)16(4-2)14-25/h4,6-9,15,17,21H,3,5,10-14H2,1-2H3/p+1/b16-4+/t17-,21+,23+,25-/m0/s1. The molecule has 3 heteroatoms. The van der Waals surface area contributed by atoms with E-state index < -0.39 is 0 Å². The predicted molar refractivity (Wildman–Crippen MR) is 105 cm³/mol. The largest absolute Gasteiger partial charge is 0.357 e. The fraction of sp³-hybridized carbons (Fsp3) is 0.522. The number of carbonyl (C=O) groups excluding carboxylic acids is 1. The van der Waals surface area contributed by atoms with E-state index in [1.165, 1.54) is 59.4 Å². The van der Waals surface area contributed by atoms with E-state index in [1.54, 1.807) is 0 Å². The Kier molecular flexibility index (Phi) is 3.49. The molecule has 4 aliphatic rings. The summed E-state index contributed by atoms with van der Waals surface area (Å²) in [5, 5.41) is 3.71. The molecule has 0 saturated carbocycles. The average molecular weight is 349 g/mol. The second kappa shape index (κ2) is 5.56. The number of piperidine rings is 1. The molecule has 2 fully saturated rings. The van der Waals surface area contributed by atoms with Crippen molar-refractivity contribution in [2.24, 2.45) is 5.92 Å². The topological polar surface area (TPSA) is 29.1 Å². The van der Waals surface area contributed by atoms with Crippen LogP contribution in [0.4, 0.5) is 5.69 Å². The van der Waals surface area contributed by atoms with Gasteiger partial charge in [-0.3, -0.25) is 4.79 Å². The monoisotopic (exact) mass is 349 g/mol. The summed E-state index contributed by atoms with van der Waals surface area (Å²) in [4.78, 5) is 12.2. The maximum absolute atomic E-state index is 12.2. The van der Waals surface area contributed by atoms with Crippen molar-refractivity contribution < 1.29 is 9.28 Å². The number of anilines is 1. The number of quaternary nitrogens is 1. The first-order valence-electron chi connectivity index (χ1n) is 10.3. The molecule has 2 bridgehead atoms. The summed E-state index contributed by atoms with van der Waals surface area (Å²) in [6, 6.07) is 9.39. The van der Waals surface area contributed by atoms with Gasteiger partial charge in [0.15, 0.2) is 0 Å². The van der Waals surface area contributed by atoms with Gasteiger partial charge in [0.25, 0.3) is 0 Å². The van der Waals surface area contributed by atoms with Gasteiger partial charge in [-0.25, -0.2) is 0 Å². The van der Waals surface area contributed by atoms with E-state index in [0.717, 1.165) is 24.8 Å². The summed E-state index contributed by atoms with van der Waals surface area (Å²) in [7, 11) is 0. The number of para-hydroxylation sites is 1. The Hall–Kier alpha value is -1.87. The van der Waals surface area contributed by atoms with E-state index in [1.807, 2.05) is 0 Å². The Labute approximate surface area is 156 Å². The molecule has 3 heterocycles. The summed E-state index contributed by atoms with van der Waals surface area (Å²) in [5.74, 6) is 0.318. The van der Waals surface area contributed by atoms with Crippen molar-refractivity contribution in [2.45, 2.75) is 51.0 Å². The molecule has 1 aromatic carbocycles. The van der Waals surface area contributed by atoms with Gasteiger partial charge in [-0.05, 0) is 30.5 Å². The van der Waals surface area contributed by atoms with Gasteiger partial charge in [0.1, 0.15) is 18.9 Å². The molecule has 1 aliphatic carbocycles. The molecule has 1 spiro atoms. The van der Waals surface area contributed by atoms with Crippen LogP contribution in [0.25, 0.3) is 0 Å². The molecular weight excluding hydrogens is 320 g/mol. The zero-order valence-electron chi connectivity index (χ0n) is 15.9. The Morgan fingerprint density at radius 1 is 1.35 bits per heavy atom. The fourth-order valence-corrected chi connectivity index (χ4v) is 6.70. The van der Waals surface area contributed by atoms with Gasteiger partial charge >= 0.3 is 0 Å². The smallest absolute Gasteiger partial charge is 0.148 e. The van der Waals surface area contributed by atoms with Crippen molar-refractivity contribution >= 4 is 12.0 Å². The molecular formula is C23H29N2O+. The molecule has 0 amide bonds. The van der Waals surface area contributed by atoms with Crippen LogP contribution in [0.1, 0.15) is 45.1 Å². The zero-order valence-corrected chi connectivity index (χ0v) is 15.9. The molecule has 5 rings (SSSR count). The van der Waals surface area contributed by atoms with Crippen LogP contribution in [-0.2, 0) is 10.2 Å². The van der Waals surface area contributed by atoms with E-state index in [2.05, 4.69) is 49.5 Å². The van der Waals surface area contributed by atoms with Crippen molar-refractivity contribution in [3.63, 3.8) is 0 Å². The number of rotatable bonds is 4. The van der Waals surface area contributed by atoms with Gasteiger partial charge in [-0.1, -0.05) is 37.6 Å². The maximum Gasteiger partial charge on any atom is 0.148 e. The van der Waals surface area contributed by atoms with Crippen molar-refractivity contribution in [3.05, 3.63) is 52.7 Å². The molecule has 0 aromatic heterocycles. The highest BCUT2D eigenvalue weighted by atomic mass is 16.1. The molecule has 1 aromatic rings. The first-order valence-corrected chi connectivity index (χ1v) is 10.3. The SMILES string of the molecule is C/C=C1\C[N@+]2(CCCC)CC[C@]34C(=C(C=O)[C@H]1C[C@H]32)Nc1ccccc14. The second-order valence-corrected chi connectivity index (χ2v) is 8.69. The third kappa shape index (κ3) is 1.80. The van der Waals surface area contributed by atoms with Crippen LogP contribution in [-0.4, -0.2) is 36.4 Å². The molecule has 4 atom stereocenters.